The molecule has 0 saturated heterocycles. The van der Waals surface area contributed by atoms with Gasteiger partial charge in [0.1, 0.15) is 11.5 Å². The second-order valence-corrected chi connectivity index (χ2v) is 8.14. The van der Waals surface area contributed by atoms with Gasteiger partial charge in [0.2, 0.25) is 0 Å². The normalized spacial score (nSPS) is 18.9. The van der Waals surface area contributed by atoms with Crippen molar-refractivity contribution in [1.82, 2.24) is 20.4 Å². The van der Waals surface area contributed by atoms with E-state index in [4.69, 9.17) is 0 Å². The van der Waals surface area contributed by atoms with Crippen LogP contribution < -0.4 is 4.90 Å². The van der Waals surface area contributed by atoms with Crippen molar-refractivity contribution in [1.29, 1.82) is 0 Å². The molecule has 1 saturated carbocycles. The Labute approximate surface area is 162 Å². The number of carbonyl (C=O) groups is 1. The third kappa shape index (κ3) is 2.73. The number of anilines is 1. The lowest BCUT2D eigenvalue weighted by atomic mass is 9.95. The standard InChI is InChI=1S/C21H22FN5O/c1-11(2)9-16-18-19(26-24-16)21(28)27(17-10-15(23-25-17)12-3-4-12)20(18)13-5-7-14(22)8-6-13/h5-8,10-12,20H,3-4,9H2,1-2H3,(H,23,25)(H,24,26). The van der Waals surface area contributed by atoms with Gasteiger partial charge in [0.25, 0.3) is 5.91 Å². The minimum atomic E-state index is -0.369. The van der Waals surface area contributed by atoms with E-state index in [0.717, 1.165) is 41.8 Å². The van der Waals surface area contributed by atoms with E-state index in [2.05, 4.69) is 34.2 Å². The van der Waals surface area contributed by atoms with Gasteiger partial charge in [0.15, 0.2) is 5.82 Å². The van der Waals surface area contributed by atoms with E-state index in [9.17, 15) is 9.18 Å². The highest BCUT2D eigenvalue weighted by atomic mass is 19.1. The molecule has 0 bridgehead atoms. The van der Waals surface area contributed by atoms with Crippen LogP contribution in [0.5, 0.6) is 0 Å². The predicted octanol–water partition coefficient (Wildman–Crippen LogP) is 4.10. The van der Waals surface area contributed by atoms with Crippen LogP contribution >= 0.6 is 0 Å². The summed E-state index contributed by atoms with van der Waals surface area (Å²) in [4.78, 5) is 15.0. The maximum Gasteiger partial charge on any atom is 0.278 e. The molecule has 3 heterocycles. The van der Waals surface area contributed by atoms with E-state index in [-0.39, 0.29) is 17.8 Å². The highest BCUT2D eigenvalue weighted by molar-refractivity contribution is 6.10. The van der Waals surface area contributed by atoms with Crippen LogP contribution in [0.2, 0.25) is 0 Å². The zero-order valence-corrected chi connectivity index (χ0v) is 15.9. The molecule has 7 heteroatoms. The number of H-pyrrole nitrogens is 2. The Morgan fingerprint density at radius 1 is 1.18 bits per heavy atom. The van der Waals surface area contributed by atoms with Crippen LogP contribution in [0.4, 0.5) is 10.2 Å². The first-order valence-electron chi connectivity index (χ1n) is 9.74. The molecule has 6 nitrogen and oxygen atoms in total. The number of nitrogens with one attached hydrogen (secondary N) is 2. The zero-order chi connectivity index (χ0) is 19.4. The molecule has 1 aliphatic heterocycles. The minimum absolute atomic E-state index is 0.152. The number of rotatable bonds is 5. The molecule has 1 aliphatic carbocycles. The number of aromatic amines is 2. The largest absolute Gasteiger partial charge is 0.280 e. The topological polar surface area (TPSA) is 77.7 Å². The molecular formula is C21H22FN5O. The van der Waals surface area contributed by atoms with E-state index in [1.807, 2.05) is 6.07 Å². The van der Waals surface area contributed by atoms with E-state index in [0.29, 0.717) is 23.3 Å². The fraction of sp³-hybridized carbons (Fsp3) is 0.381. The van der Waals surface area contributed by atoms with Gasteiger partial charge in [-0.05, 0) is 42.9 Å². The van der Waals surface area contributed by atoms with Crippen LogP contribution in [0.15, 0.2) is 30.3 Å². The molecule has 144 valence electrons. The third-order valence-electron chi connectivity index (χ3n) is 5.48. The average molecular weight is 379 g/mol. The SMILES string of the molecule is CC(C)Cc1n[nH]c2c1C(c1ccc(F)cc1)N(c1cc(C3CC3)[nH]n1)C2=O. The summed E-state index contributed by atoms with van der Waals surface area (Å²) < 4.78 is 13.5. The van der Waals surface area contributed by atoms with Gasteiger partial charge in [-0.15, -0.1) is 0 Å². The molecular weight excluding hydrogens is 357 g/mol. The van der Waals surface area contributed by atoms with Crippen LogP contribution in [-0.2, 0) is 6.42 Å². The number of hydrogen-bond donors (Lipinski definition) is 2. The number of benzene rings is 1. The summed E-state index contributed by atoms with van der Waals surface area (Å²) in [6.45, 7) is 4.25. The van der Waals surface area contributed by atoms with Gasteiger partial charge in [-0.3, -0.25) is 19.9 Å². The summed E-state index contributed by atoms with van der Waals surface area (Å²) in [7, 11) is 0. The van der Waals surface area contributed by atoms with Crippen molar-refractivity contribution in [3.8, 4) is 0 Å². The van der Waals surface area contributed by atoms with Crippen LogP contribution in [0.3, 0.4) is 0 Å². The Bertz CT molecular complexity index is 1030. The molecule has 3 aromatic rings. The summed E-state index contributed by atoms with van der Waals surface area (Å²) in [6.07, 6.45) is 3.06. The number of aromatic nitrogens is 4. The highest BCUT2D eigenvalue weighted by Gasteiger charge is 2.44. The third-order valence-corrected chi connectivity index (χ3v) is 5.48. The zero-order valence-electron chi connectivity index (χ0n) is 15.9. The quantitative estimate of drug-likeness (QED) is 0.701. The van der Waals surface area contributed by atoms with Crippen molar-refractivity contribution < 1.29 is 9.18 Å². The molecule has 1 unspecified atom stereocenters. The molecule has 2 N–H and O–H groups in total. The molecule has 1 fully saturated rings. The first-order valence-corrected chi connectivity index (χ1v) is 9.74. The van der Waals surface area contributed by atoms with Crippen molar-refractivity contribution >= 4 is 11.7 Å². The lowest BCUT2D eigenvalue weighted by molar-refractivity contribution is 0.0988. The molecule has 1 atom stereocenters. The van der Waals surface area contributed by atoms with Gasteiger partial charge in [0, 0.05) is 23.2 Å². The van der Waals surface area contributed by atoms with Gasteiger partial charge < -0.3 is 0 Å². The number of halogens is 1. The number of carbonyl (C=O) groups excluding carboxylic acids is 1. The second kappa shape index (κ2) is 6.29. The highest BCUT2D eigenvalue weighted by Crippen LogP contribution is 2.44. The van der Waals surface area contributed by atoms with Crippen LogP contribution in [0, 0.1) is 11.7 Å². The van der Waals surface area contributed by atoms with Gasteiger partial charge >= 0.3 is 0 Å². The van der Waals surface area contributed by atoms with E-state index >= 15 is 0 Å². The Kier molecular flexibility index (Phi) is 3.86. The molecule has 2 aromatic heterocycles. The van der Waals surface area contributed by atoms with E-state index in [1.54, 1.807) is 17.0 Å². The van der Waals surface area contributed by atoms with Gasteiger partial charge in [0.05, 0.1) is 11.7 Å². The molecule has 1 aromatic carbocycles. The minimum Gasteiger partial charge on any atom is -0.280 e. The number of fused-ring (bicyclic) bond motifs is 1. The molecule has 0 spiro atoms. The smallest absolute Gasteiger partial charge is 0.278 e. The molecule has 0 radical (unpaired) electrons. The lowest BCUT2D eigenvalue weighted by Crippen LogP contribution is -2.30. The number of amides is 1. The molecule has 5 rings (SSSR count). The Morgan fingerprint density at radius 3 is 2.61 bits per heavy atom. The predicted molar refractivity (Wildman–Crippen MR) is 103 cm³/mol. The molecule has 28 heavy (non-hydrogen) atoms. The Morgan fingerprint density at radius 2 is 1.93 bits per heavy atom. The number of hydrogen-bond acceptors (Lipinski definition) is 3. The van der Waals surface area contributed by atoms with Crippen molar-refractivity contribution in [2.24, 2.45) is 5.92 Å². The first kappa shape index (κ1) is 17.2. The summed E-state index contributed by atoms with van der Waals surface area (Å²) in [5.41, 5.74) is 4.17. The van der Waals surface area contributed by atoms with E-state index in [1.165, 1.54) is 12.1 Å². The fourth-order valence-corrected chi connectivity index (χ4v) is 4.00. The van der Waals surface area contributed by atoms with Crippen LogP contribution in [0.1, 0.15) is 71.7 Å². The Balaban J connectivity index is 1.63. The number of nitrogens with zero attached hydrogens (tertiary/aromatic N) is 3. The monoisotopic (exact) mass is 379 g/mol. The maximum absolute atomic E-state index is 13.5. The van der Waals surface area contributed by atoms with Crippen molar-refractivity contribution in [2.45, 2.75) is 45.1 Å². The van der Waals surface area contributed by atoms with Gasteiger partial charge in [-0.1, -0.05) is 26.0 Å². The fourth-order valence-electron chi connectivity index (χ4n) is 4.00. The second-order valence-electron chi connectivity index (χ2n) is 8.14. The van der Waals surface area contributed by atoms with Crippen LogP contribution in [0.25, 0.3) is 0 Å². The summed E-state index contributed by atoms with van der Waals surface area (Å²) in [5.74, 6) is 1.06. The Hall–Kier alpha value is -2.96. The summed E-state index contributed by atoms with van der Waals surface area (Å²) in [5, 5.41) is 14.9. The summed E-state index contributed by atoms with van der Waals surface area (Å²) in [6, 6.07) is 7.92. The van der Waals surface area contributed by atoms with Crippen molar-refractivity contribution in [3.63, 3.8) is 0 Å². The van der Waals surface area contributed by atoms with Crippen molar-refractivity contribution in [3.05, 3.63) is 64.4 Å². The van der Waals surface area contributed by atoms with E-state index < -0.39 is 0 Å². The van der Waals surface area contributed by atoms with Crippen LogP contribution in [-0.4, -0.2) is 26.3 Å². The maximum atomic E-state index is 13.5. The van der Waals surface area contributed by atoms with Gasteiger partial charge in [-0.25, -0.2) is 4.39 Å². The lowest BCUT2D eigenvalue weighted by Gasteiger charge is -2.24. The van der Waals surface area contributed by atoms with Crippen molar-refractivity contribution in [2.75, 3.05) is 4.90 Å². The summed E-state index contributed by atoms with van der Waals surface area (Å²) >= 11 is 0. The van der Waals surface area contributed by atoms with Gasteiger partial charge in [-0.2, -0.15) is 10.2 Å². The molecule has 2 aliphatic rings. The molecule has 1 amide bonds. The first-order chi connectivity index (χ1) is 13.5. The average Bonchev–Trinajstić information content (AvgIpc) is 3.14.